The summed E-state index contributed by atoms with van der Waals surface area (Å²) in [4.78, 5) is 23.4. The Morgan fingerprint density at radius 1 is 1.09 bits per heavy atom. The van der Waals surface area contributed by atoms with Gasteiger partial charge in [0.1, 0.15) is 12.2 Å². The van der Waals surface area contributed by atoms with Gasteiger partial charge < -0.3 is 29.7 Å². The first-order chi connectivity index (χ1) is 16.3. The van der Waals surface area contributed by atoms with Crippen molar-refractivity contribution in [2.75, 3.05) is 20.7 Å². The van der Waals surface area contributed by atoms with Crippen LogP contribution in [-0.4, -0.2) is 71.1 Å². The summed E-state index contributed by atoms with van der Waals surface area (Å²) in [5.41, 5.74) is 2.22. The molecule has 0 unspecified atom stereocenters. The molecule has 4 aliphatic rings. The number of nitrogens with zero attached hydrogens (tertiary/aromatic N) is 1. The number of hydrogen-bond acceptors (Lipinski definition) is 6. The van der Waals surface area contributed by atoms with Gasteiger partial charge in [-0.05, 0) is 50.2 Å². The highest BCUT2D eigenvalue weighted by Crippen LogP contribution is 2.62. The molecule has 6 rings (SSSR count). The lowest BCUT2D eigenvalue weighted by atomic mass is 9.53. The molecule has 0 radical (unpaired) electrons. The number of methoxy groups -OCH3 is 1. The maximum Gasteiger partial charge on any atom is 0.336 e. The van der Waals surface area contributed by atoms with E-state index in [1.54, 1.807) is 7.11 Å². The van der Waals surface area contributed by atoms with Crippen LogP contribution in [0.3, 0.4) is 0 Å². The van der Waals surface area contributed by atoms with Crippen LogP contribution in [-0.2, 0) is 11.8 Å². The van der Waals surface area contributed by atoms with Gasteiger partial charge in [-0.3, -0.25) is 0 Å². The van der Waals surface area contributed by atoms with Gasteiger partial charge in [0.15, 0.2) is 11.5 Å². The molecule has 0 amide bonds. The summed E-state index contributed by atoms with van der Waals surface area (Å²) in [5.74, 6) is -0.367. The van der Waals surface area contributed by atoms with Gasteiger partial charge in [0.05, 0.1) is 18.2 Å². The maximum absolute atomic E-state index is 10.6. The molecule has 1 fully saturated rings. The van der Waals surface area contributed by atoms with Crippen LogP contribution in [0.15, 0.2) is 48.6 Å². The first kappa shape index (κ1) is 22.4. The van der Waals surface area contributed by atoms with Crippen LogP contribution in [0.25, 0.3) is 0 Å². The molecule has 3 N–H and O–H groups in total. The molecule has 0 aromatic heterocycles. The Morgan fingerprint density at radius 3 is 2.38 bits per heavy atom. The predicted octanol–water partition coefficient (Wildman–Crippen LogP) is 2.58. The van der Waals surface area contributed by atoms with E-state index in [1.807, 2.05) is 12.1 Å². The number of carboxylic acids is 2. The molecule has 5 atom stereocenters. The Labute approximate surface area is 197 Å². The number of aliphatic hydroxyl groups excluding tert-OH is 1. The average Bonchev–Trinajstić information content (AvgIpc) is 3.18. The largest absolute Gasteiger partial charge is 0.493 e. The van der Waals surface area contributed by atoms with E-state index in [0.29, 0.717) is 12.0 Å². The first-order valence-corrected chi connectivity index (χ1v) is 11.3. The molecule has 2 heterocycles. The lowest BCUT2D eigenvalue weighted by molar-refractivity contribution is -0.0453. The molecule has 2 aromatic carbocycles. The lowest BCUT2D eigenvalue weighted by Crippen LogP contribution is -2.64. The van der Waals surface area contributed by atoms with Crippen molar-refractivity contribution in [1.29, 1.82) is 0 Å². The first-order valence-electron chi connectivity index (χ1n) is 11.3. The van der Waals surface area contributed by atoms with Gasteiger partial charge in [0.2, 0.25) is 0 Å². The summed E-state index contributed by atoms with van der Waals surface area (Å²) in [6, 6.07) is 10.2. The number of carbonyl (C=O) groups is 2. The fourth-order valence-electron chi connectivity index (χ4n) is 6.24. The van der Waals surface area contributed by atoms with E-state index in [2.05, 4.69) is 24.1 Å². The minimum atomic E-state index is -1.23. The summed E-state index contributed by atoms with van der Waals surface area (Å²) >= 11 is 0. The van der Waals surface area contributed by atoms with Gasteiger partial charge >= 0.3 is 11.9 Å². The van der Waals surface area contributed by atoms with Crippen molar-refractivity contribution >= 4 is 11.9 Å². The third-order valence-electron chi connectivity index (χ3n) is 7.74. The van der Waals surface area contributed by atoms with E-state index in [9.17, 15) is 14.7 Å². The van der Waals surface area contributed by atoms with E-state index >= 15 is 0 Å². The second-order valence-electron chi connectivity index (χ2n) is 9.27. The molecule has 1 saturated heterocycles. The van der Waals surface area contributed by atoms with E-state index in [0.717, 1.165) is 30.9 Å². The van der Waals surface area contributed by atoms with Crippen molar-refractivity contribution in [2.24, 2.45) is 5.92 Å². The number of aliphatic hydroxyl groups is 1. The van der Waals surface area contributed by atoms with Crippen molar-refractivity contribution in [1.82, 2.24) is 4.90 Å². The number of aromatic carboxylic acids is 2. The molecule has 178 valence electrons. The smallest absolute Gasteiger partial charge is 0.336 e. The Balaban J connectivity index is 0.000000172. The molecule has 8 nitrogen and oxygen atoms in total. The third-order valence-corrected chi connectivity index (χ3v) is 7.74. The van der Waals surface area contributed by atoms with Crippen LogP contribution in [0.5, 0.6) is 11.5 Å². The summed E-state index contributed by atoms with van der Waals surface area (Å²) in [6.45, 7) is 1.05. The van der Waals surface area contributed by atoms with E-state index in [1.165, 1.54) is 35.4 Å². The second kappa shape index (κ2) is 8.14. The van der Waals surface area contributed by atoms with Crippen molar-refractivity contribution in [2.45, 2.75) is 36.5 Å². The third kappa shape index (κ3) is 3.13. The topological polar surface area (TPSA) is 117 Å². The standard InChI is InChI=1S/C18H21NO3.C8H6O4/c1-19-8-7-18-11-4-5-13(20)17(18)22-16-14(21-2)6-3-10(15(16)18)9-12(11)19;9-7(10)5-3-1-2-4-6(5)8(11)12/h3-6,11-13,17,20H,7-9H2,1-2H3;1-4H,(H,9,10)(H,11,12)/t11-,12+,13-,17-,18-;/m0./s1. The summed E-state index contributed by atoms with van der Waals surface area (Å²) in [6.07, 6.45) is 5.54. The predicted molar refractivity (Wildman–Crippen MR) is 123 cm³/mol. The molecule has 0 saturated carbocycles. The molecule has 34 heavy (non-hydrogen) atoms. The Kier molecular flexibility index (Phi) is 5.37. The number of hydrogen-bond donors (Lipinski definition) is 3. The highest BCUT2D eigenvalue weighted by Gasteiger charge is 2.64. The van der Waals surface area contributed by atoms with Crippen LogP contribution in [0.2, 0.25) is 0 Å². The van der Waals surface area contributed by atoms with Crippen LogP contribution >= 0.6 is 0 Å². The zero-order chi connectivity index (χ0) is 24.2. The van der Waals surface area contributed by atoms with E-state index in [4.69, 9.17) is 19.7 Å². The number of piperidine rings is 1. The van der Waals surface area contributed by atoms with Crippen molar-refractivity contribution in [3.8, 4) is 11.5 Å². The van der Waals surface area contributed by atoms with Crippen LogP contribution in [0.1, 0.15) is 38.3 Å². The zero-order valence-electron chi connectivity index (χ0n) is 19.0. The van der Waals surface area contributed by atoms with Crippen molar-refractivity contribution in [3.63, 3.8) is 0 Å². The lowest BCUT2D eigenvalue weighted by Gasteiger charge is -2.56. The number of benzene rings is 2. The normalized spacial score (nSPS) is 29.9. The average molecular weight is 466 g/mol. The quantitative estimate of drug-likeness (QED) is 0.593. The maximum atomic E-state index is 10.6. The fourth-order valence-corrected chi connectivity index (χ4v) is 6.24. The number of ether oxygens (including phenoxy) is 2. The number of carboxylic acid groups (broad SMARTS) is 2. The highest BCUT2D eigenvalue weighted by atomic mass is 16.5. The number of likely N-dealkylation sites (tertiary alicyclic amines) is 1. The van der Waals surface area contributed by atoms with Crippen molar-refractivity contribution in [3.05, 3.63) is 70.8 Å². The van der Waals surface area contributed by atoms with Crippen LogP contribution in [0.4, 0.5) is 0 Å². The molecule has 2 bridgehead atoms. The van der Waals surface area contributed by atoms with Gasteiger partial charge in [0.25, 0.3) is 0 Å². The van der Waals surface area contributed by atoms with Crippen molar-refractivity contribution < 1.29 is 34.4 Å². The molecule has 2 aliphatic carbocycles. The molecule has 2 aromatic rings. The summed E-state index contributed by atoms with van der Waals surface area (Å²) in [7, 11) is 3.91. The molecular weight excluding hydrogens is 438 g/mol. The van der Waals surface area contributed by atoms with Gasteiger partial charge in [-0.1, -0.05) is 30.4 Å². The Morgan fingerprint density at radius 2 is 1.76 bits per heavy atom. The minimum absolute atomic E-state index is 0.0806. The summed E-state index contributed by atoms with van der Waals surface area (Å²) < 4.78 is 11.8. The Bertz CT molecular complexity index is 1160. The number of rotatable bonds is 3. The van der Waals surface area contributed by atoms with Crippen LogP contribution in [0, 0.1) is 5.92 Å². The molecule has 8 heteroatoms. The van der Waals surface area contributed by atoms with E-state index < -0.39 is 18.0 Å². The second-order valence-corrected chi connectivity index (χ2v) is 9.27. The van der Waals surface area contributed by atoms with Gasteiger partial charge in [-0.2, -0.15) is 0 Å². The Hall–Kier alpha value is -3.36. The molecule has 2 aliphatic heterocycles. The fraction of sp³-hybridized carbons (Fsp3) is 0.385. The van der Waals surface area contributed by atoms with Gasteiger partial charge in [-0.15, -0.1) is 0 Å². The summed E-state index contributed by atoms with van der Waals surface area (Å²) in [5, 5.41) is 27.7. The molecule has 1 spiro atoms. The number of likely N-dealkylation sites (N-methyl/N-ethyl adjacent to an activating group) is 1. The highest BCUT2D eigenvalue weighted by molar-refractivity contribution is 6.01. The van der Waals surface area contributed by atoms with E-state index in [-0.39, 0.29) is 22.6 Å². The molecular formula is C26H27NO7. The van der Waals surface area contributed by atoms with Crippen LogP contribution < -0.4 is 9.47 Å². The monoisotopic (exact) mass is 465 g/mol. The SMILES string of the molecule is COc1ccc2c3c1O[C@H]1[C@@H](O)C=C[C@H]4[C@@H](C2)N(C)CC[C@@]341.O=C(O)c1ccccc1C(=O)O. The van der Waals surface area contributed by atoms with Gasteiger partial charge in [0, 0.05) is 22.9 Å². The minimum Gasteiger partial charge on any atom is -0.493 e. The zero-order valence-corrected chi connectivity index (χ0v) is 19.0. The van der Waals surface area contributed by atoms with Gasteiger partial charge in [-0.25, -0.2) is 9.59 Å².